The number of aromatic nitrogens is 1. The zero-order valence-electron chi connectivity index (χ0n) is 10.9. The molecule has 1 unspecified atom stereocenters. The van der Waals surface area contributed by atoms with Crippen LogP contribution < -0.4 is 5.32 Å². The maximum absolute atomic E-state index is 12.7. The van der Waals surface area contributed by atoms with Gasteiger partial charge >= 0.3 is 6.18 Å². The van der Waals surface area contributed by atoms with Crippen LogP contribution in [0.25, 0.3) is 0 Å². The number of likely N-dealkylation sites (N-methyl/N-ethyl adjacent to an activating group) is 1. The van der Waals surface area contributed by atoms with Crippen LogP contribution in [0.15, 0.2) is 18.3 Å². The lowest BCUT2D eigenvalue weighted by Gasteiger charge is -2.17. The number of hydrogen-bond acceptors (Lipinski definition) is 4. The molecular formula is C12H18F3N3O. The molecule has 1 heterocycles. The summed E-state index contributed by atoms with van der Waals surface area (Å²) in [5.41, 5.74) is -0.809. The molecule has 0 fully saturated rings. The van der Waals surface area contributed by atoms with E-state index in [0.29, 0.717) is 6.54 Å². The zero-order valence-corrected chi connectivity index (χ0v) is 10.9. The molecule has 2 N–H and O–H groups in total. The van der Waals surface area contributed by atoms with Crippen LogP contribution in [0.1, 0.15) is 11.3 Å². The summed E-state index contributed by atoms with van der Waals surface area (Å²) in [7, 11) is 3.62. The van der Waals surface area contributed by atoms with Gasteiger partial charge in [0.15, 0.2) is 0 Å². The molecule has 4 nitrogen and oxygen atoms in total. The molecule has 1 aromatic heterocycles. The Hall–Kier alpha value is -1.18. The van der Waals surface area contributed by atoms with Crippen molar-refractivity contribution in [2.24, 2.45) is 0 Å². The summed E-state index contributed by atoms with van der Waals surface area (Å²) in [5.74, 6) is 0. The number of nitrogens with zero attached hydrogens (tertiary/aromatic N) is 2. The summed E-state index contributed by atoms with van der Waals surface area (Å²) in [4.78, 5) is 5.53. The third-order valence-corrected chi connectivity index (χ3v) is 2.44. The molecule has 0 radical (unpaired) electrons. The molecule has 7 heteroatoms. The first-order valence-electron chi connectivity index (χ1n) is 5.85. The summed E-state index contributed by atoms with van der Waals surface area (Å²) < 4.78 is 38.0. The van der Waals surface area contributed by atoms with Gasteiger partial charge in [0.25, 0.3) is 0 Å². The first kappa shape index (κ1) is 15.9. The highest BCUT2D eigenvalue weighted by atomic mass is 19.4. The topological polar surface area (TPSA) is 48.4 Å². The zero-order chi connectivity index (χ0) is 14.5. The fourth-order valence-corrected chi connectivity index (χ4v) is 1.68. The molecular weight excluding hydrogens is 259 g/mol. The first-order chi connectivity index (χ1) is 8.80. The van der Waals surface area contributed by atoms with Crippen molar-refractivity contribution in [2.45, 2.75) is 18.8 Å². The highest BCUT2D eigenvalue weighted by Crippen LogP contribution is 2.30. The standard InChI is InChI=1S/C12H18F3N3O/c1-18(2)8-9(19)6-16-7-11-10(12(13,14)15)4-3-5-17-11/h3-5,9,16,19H,6-8H2,1-2H3. The van der Waals surface area contributed by atoms with E-state index >= 15 is 0 Å². The molecule has 0 spiro atoms. The van der Waals surface area contributed by atoms with Crippen LogP contribution in [0.5, 0.6) is 0 Å². The van der Waals surface area contributed by atoms with E-state index in [4.69, 9.17) is 0 Å². The number of aliphatic hydroxyl groups excluding tert-OH is 1. The minimum atomic E-state index is -4.41. The summed E-state index contributed by atoms with van der Waals surface area (Å²) in [5, 5.41) is 12.4. The van der Waals surface area contributed by atoms with E-state index < -0.39 is 17.8 Å². The Labute approximate surface area is 110 Å². The van der Waals surface area contributed by atoms with E-state index in [2.05, 4.69) is 10.3 Å². The Bertz CT molecular complexity index is 396. The highest BCUT2D eigenvalue weighted by Gasteiger charge is 2.33. The molecule has 19 heavy (non-hydrogen) atoms. The van der Waals surface area contributed by atoms with Crippen molar-refractivity contribution in [2.75, 3.05) is 27.2 Å². The fourth-order valence-electron chi connectivity index (χ4n) is 1.68. The molecule has 0 saturated carbocycles. The van der Waals surface area contributed by atoms with Gasteiger partial charge in [-0.15, -0.1) is 0 Å². The van der Waals surface area contributed by atoms with Crippen LogP contribution in [-0.4, -0.2) is 48.3 Å². The molecule has 1 aromatic rings. The molecule has 0 aromatic carbocycles. The average molecular weight is 277 g/mol. The first-order valence-corrected chi connectivity index (χ1v) is 5.85. The van der Waals surface area contributed by atoms with Crippen molar-refractivity contribution >= 4 is 0 Å². The van der Waals surface area contributed by atoms with Crippen molar-refractivity contribution in [1.29, 1.82) is 0 Å². The predicted molar refractivity (Wildman–Crippen MR) is 65.5 cm³/mol. The van der Waals surface area contributed by atoms with Gasteiger partial charge < -0.3 is 15.3 Å². The smallest absolute Gasteiger partial charge is 0.390 e. The van der Waals surface area contributed by atoms with Crippen LogP contribution >= 0.6 is 0 Å². The number of alkyl halides is 3. The summed E-state index contributed by atoms with van der Waals surface area (Å²) in [6.45, 7) is 0.633. The predicted octanol–water partition coefficient (Wildman–Crippen LogP) is 1.11. The fraction of sp³-hybridized carbons (Fsp3) is 0.583. The van der Waals surface area contributed by atoms with Crippen molar-refractivity contribution < 1.29 is 18.3 Å². The summed E-state index contributed by atoms with van der Waals surface area (Å²) in [6, 6.07) is 2.26. The second-order valence-corrected chi connectivity index (χ2v) is 4.54. The van der Waals surface area contributed by atoms with Gasteiger partial charge in [-0.3, -0.25) is 4.98 Å². The van der Waals surface area contributed by atoms with Crippen LogP contribution in [0.3, 0.4) is 0 Å². The molecule has 108 valence electrons. The third kappa shape index (κ3) is 5.54. The van der Waals surface area contributed by atoms with Crippen molar-refractivity contribution in [3.8, 4) is 0 Å². The quantitative estimate of drug-likeness (QED) is 0.818. The molecule has 0 aliphatic carbocycles. The minimum Gasteiger partial charge on any atom is -0.390 e. The van der Waals surface area contributed by atoms with Gasteiger partial charge in [-0.2, -0.15) is 13.2 Å². The van der Waals surface area contributed by atoms with Crippen molar-refractivity contribution in [3.63, 3.8) is 0 Å². The lowest BCUT2D eigenvalue weighted by Crippen LogP contribution is -2.35. The molecule has 0 bridgehead atoms. The van der Waals surface area contributed by atoms with Gasteiger partial charge in [-0.05, 0) is 26.2 Å². The second kappa shape index (κ2) is 6.83. The number of nitrogens with one attached hydrogen (secondary N) is 1. The lowest BCUT2D eigenvalue weighted by atomic mass is 10.2. The van der Waals surface area contributed by atoms with E-state index in [9.17, 15) is 18.3 Å². The Balaban J connectivity index is 2.54. The second-order valence-electron chi connectivity index (χ2n) is 4.54. The van der Waals surface area contributed by atoms with E-state index in [1.165, 1.54) is 12.3 Å². The number of aliphatic hydroxyl groups is 1. The Morgan fingerprint density at radius 2 is 2.11 bits per heavy atom. The van der Waals surface area contributed by atoms with Crippen molar-refractivity contribution in [3.05, 3.63) is 29.6 Å². The lowest BCUT2D eigenvalue weighted by molar-refractivity contribution is -0.138. The molecule has 0 amide bonds. The average Bonchev–Trinajstić information content (AvgIpc) is 2.27. The van der Waals surface area contributed by atoms with E-state index in [1.807, 2.05) is 14.1 Å². The van der Waals surface area contributed by atoms with Crippen LogP contribution in [0, 0.1) is 0 Å². The maximum Gasteiger partial charge on any atom is 0.418 e. The number of rotatable bonds is 6. The van der Waals surface area contributed by atoms with Gasteiger partial charge in [0.2, 0.25) is 0 Å². The van der Waals surface area contributed by atoms with Gasteiger partial charge in [-0.25, -0.2) is 0 Å². The van der Waals surface area contributed by atoms with Crippen LogP contribution in [-0.2, 0) is 12.7 Å². The minimum absolute atomic E-state index is 0.0276. The summed E-state index contributed by atoms with van der Waals surface area (Å²) in [6.07, 6.45) is -3.72. The number of pyridine rings is 1. The van der Waals surface area contributed by atoms with E-state index in [1.54, 1.807) is 4.90 Å². The normalized spacial score (nSPS) is 13.8. The summed E-state index contributed by atoms with van der Waals surface area (Å²) >= 11 is 0. The Morgan fingerprint density at radius 1 is 1.42 bits per heavy atom. The molecule has 1 rings (SSSR count). The molecule has 1 atom stereocenters. The van der Waals surface area contributed by atoms with Crippen LogP contribution in [0.2, 0.25) is 0 Å². The largest absolute Gasteiger partial charge is 0.418 e. The van der Waals surface area contributed by atoms with Gasteiger partial charge in [-0.1, -0.05) is 0 Å². The highest BCUT2D eigenvalue weighted by molar-refractivity contribution is 5.22. The van der Waals surface area contributed by atoms with Crippen molar-refractivity contribution in [1.82, 2.24) is 15.2 Å². The molecule has 0 aliphatic rings. The Kier molecular flexibility index (Phi) is 5.71. The van der Waals surface area contributed by atoms with Gasteiger partial charge in [0, 0.05) is 25.8 Å². The number of hydrogen-bond donors (Lipinski definition) is 2. The SMILES string of the molecule is CN(C)CC(O)CNCc1ncccc1C(F)(F)F. The molecule has 0 saturated heterocycles. The van der Waals surface area contributed by atoms with Gasteiger partial charge in [0.1, 0.15) is 0 Å². The van der Waals surface area contributed by atoms with Gasteiger partial charge in [0.05, 0.1) is 17.4 Å². The maximum atomic E-state index is 12.7. The molecule has 0 aliphatic heterocycles. The van der Waals surface area contributed by atoms with E-state index in [0.717, 1.165) is 6.07 Å². The monoisotopic (exact) mass is 277 g/mol. The third-order valence-electron chi connectivity index (χ3n) is 2.44. The Morgan fingerprint density at radius 3 is 2.68 bits per heavy atom. The number of halogens is 3. The van der Waals surface area contributed by atoms with Crippen LogP contribution in [0.4, 0.5) is 13.2 Å². The van der Waals surface area contributed by atoms with E-state index in [-0.39, 0.29) is 18.8 Å².